The van der Waals surface area contributed by atoms with Crippen molar-refractivity contribution in [3.8, 4) is 0 Å². The molecule has 0 bridgehead atoms. The van der Waals surface area contributed by atoms with Crippen LogP contribution in [-0.2, 0) is 11.8 Å². The standard InChI is InChI=1S/C18H25N3O2/c1-13-19-16-12-14(8-9-17(16)20(13)2)18(22)21(10-11-23-3)15-6-4-5-7-15/h8-9,12,15H,4-7,10-11H2,1-3H3. The van der Waals surface area contributed by atoms with E-state index in [2.05, 4.69) is 4.98 Å². The third-order valence-corrected chi connectivity index (χ3v) is 4.91. The van der Waals surface area contributed by atoms with Gasteiger partial charge in [0.15, 0.2) is 0 Å². The van der Waals surface area contributed by atoms with Crippen molar-refractivity contribution in [1.82, 2.24) is 14.5 Å². The summed E-state index contributed by atoms with van der Waals surface area (Å²) in [6, 6.07) is 6.17. The van der Waals surface area contributed by atoms with Crippen LogP contribution in [-0.4, -0.2) is 46.7 Å². The van der Waals surface area contributed by atoms with Gasteiger partial charge in [-0.1, -0.05) is 12.8 Å². The van der Waals surface area contributed by atoms with Gasteiger partial charge in [-0.05, 0) is 38.0 Å². The van der Waals surface area contributed by atoms with Gasteiger partial charge in [0.2, 0.25) is 0 Å². The number of carbonyl (C=O) groups excluding carboxylic acids is 1. The number of hydrogen-bond acceptors (Lipinski definition) is 3. The number of imidazole rings is 1. The van der Waals surface area contributed by atoms with Crippen molar-refractivity contribution < 1.29 is 9.53 Å². The molecule has 2 aromatic rings. The number of amides is 1. The van der Waals surface area contributed by atoms with E-state index < -0.39 is 0 Å². The van der Waals surface area contributed by atoms with E-state index in [1.807, 2.05) is 41.6 Å². The van der Waals surface area contributed by atoms with Crippen LogP contribution in [0.1, 0.15) is 41.9 Å². The van der Waals surface area contributed by atoms with Crippen LogP contribution >= 0.6 is 0 Å². The van der Waals surface area contributed by atoms with Crippen molar-refractivity contribution in [2.24, 2.45) is 7.05 Å². The molecule has 0 aliphatic heterocycles. The maximum absolute atomic E-state index is 13.0. The van der Waals surface area contributed by atoms with Gasteiger partial charge >= 0.3 is 0 Å². The minimum atomic E-state index is 0.0964. The van der Waals surface area contributed by atoms with Crippen LogP contribution < -0.4 is 0 Å². The zero-order chi connectivity index (χ0) is 16.4. The molecular formula is C18H25N3O2. The first-order chi connectivity index (χ1) is 11.1. The summed E-state index contributed by atoms with van der Waals surface area (Å²) in [5, 5.41) is 0. The average Bonchev–Trinajstić information content (AvgIpc) is 3.17. The summed E-state index contributed by atoms with van der Waals surface area (Å²) < 4.78 is 7.24. The predicted molar refractivity (Wildman–Crippen MR) is 90.6 cm³/mol. The van der Waals surface area contributed by atoms with E-state index in [9.17, 15) is 4.79 Å². The van der Waals surface area contributed by atoms with E-state index in [1.165, 1.54) is 12.8 Å². The monoisotopic (exact) mass is 315 g/mol. The number of aromatic nitrogens is 2. The molecule has 1 fully saturated rings. The van der Waals surface area contributed by atoms with Gasteiger partial charge < -0.3 is 14.2 Å². The highest BCUT2D eigenvalue weighted by molar-refractivity contribution is 5.97. The van der Waals surface area contributed by atoms with Gasteiger partial charge in [0, 0.05) is 32.3 Å². The molecule has 1 aliphatic rings. The largest absolute Gasteiger partial charge is 0.383 e. The zero-order valence-corrected chi connectivity index (χ0v) is 14.2. The minimum absolute atomic E-state index is 0.0964. The van der Waals surface area contributed by atoms with Crippen LogP contribution in [0.5, 0.6) is 0 Å². The molecular weight excluding hydrogens is 290 g/mol. The minimum Gasteiger partial charge on any atom is -0.383 e. The van der Waals surface area contributed by atoms with Crippen LogP contribution in [0.2, 0.25) is 0 Å². The Hall–Kier alpha value is -1.88. The van der Waals surface area contributed by atoms with Gasteiger partial charge in [-0.2, -0.15) is 0 Å². The zero-order valence-electron chi connectivity index (χ0n) is 14.2. The van der Waals surface area contributed by atoms with E-state index in [4.69, 9.17) is 4.74 Å². The van der Waals surface area contributed by atoms with Gasteiger partial charge in [0.1, 0.15) is 5.82 Å². The molecule has 124 valence electrons. The molecule has 0 N–H and O–H groups in total. The molecule has 0 spiro atoms. The van der Waals surface area contributed by atoms with E-state index in [-0.39, 0.29) is 5.91 Å². The molecule has 5 nitrogen and oxygen atoms in total. The van der Waals surface area contributed by atoms with Crippen LogP contribution in [0, 0.1) is 6.92 Å². The number of benzene rings is 1. The number of hydrogen-bond donors (Lipinski definition) is 0. The Bertz CT molecular complexity index is 702. The molecule has 1 amide bonds. The number of carbonyl (C=O) groups is 1. The molecule has 0 unspecified atom stereocenters. The molecule has 1 saturated carbocycles. The molecule has 0 radical (unpaired) electrons. The van der Waals surface area contributed by atoms with E-state index in [0.29, 0.717) is 19.2 Å². The number of rotatable bonds is 5. The van der Waals surface area contributed by atoms with Crippen molar-refractivity contribution >= 4 is 16.9 Å². The highest BCUT2D eigenvalue weighted by atomic mass is 16.5. The summed E-state index contributed by atoms with van der Waals surface area (Å²) in [5.41, 5.74) is 2.66. The van der Waals surface area contributed by atoms with Crippen LogP contribution in [0.25, 0.3) is 11.0 Å². The van der Waals surface area contributed by atoms with E-state index >= 15 is 0 Å². The Morgan fingerprint density at radius 3 is 2.83 bits per heavy atom. The fourth-order valence-electron chi connectivity index (χ4n) is 3.47. The molecule has 1 aromatic carbocycles. The summed E-state index contributed by atoms with van der Waals surface area (Å²) in [7, 11) is 3.68. The van der Waals surface area contributed by atoms with Gasteiger partial charge in [-0.15, -0.1) is 0 Å². The quantitative estimate of drug-likeness (QED) is 0.852. The smallest absolute Gasteiger partial charge is 0.254 e. The van der Waals surface area contributed by atoms with Crippen molar-refractivity contribution in [1.29, 1.82) is 0 Å². The fourth-order valence-corrected chi connectivity index (χ4v) is 3.47. The Labute approximate surface area is 137 Å². The first kappa shape index (κ1) is 16.0. The van der Waals surface area contributed by atoms with Crippen molar-refractivity contribution in [3.05, 3.63) is 29.6 Å². The maximum Gasteiger partial charge on any atom is 0.254 e. The lowest BCUT2D eigenvalue weighted by atomic mass is 10.1. The molecule has 3 rings (SSSR count). The molecule has 0 saturated heterocycles. The van der Waals surface area contributed by atoms with E-state index in [0.717, 1.165) is 35.3 Å². The lowest BCUT2D eigenvalue weighted by Gasteiger charge is -2.29. The number of ether oxygens (including phenoxy) is 1. The van der Waals surface area contributed by atoms with Crippen molar-refractivity contribution in [2.45, 2.75) is 38.6 Å². The Kier molecular flexibility index (Phi) is 4.66. The number of fused-ring (bicyclic) bond motifs is 1. The second-order valence-corrected chi connectivity index (χ2v) is 6.35. The molecule has 1 aromatic heterocycles. The molecule has 23 heavy (non-hydrogen) atoms. The van der Waals surface area contributed by atoms with Gasteiger partial charge in [-0.25, -0.2) is 4.98 Å². The Balaban J connectivity index is 1.89. The second kappa shape index (κ2) is 6.71. The van der Waals surface area contributed by atoms with Gasteiger partial charge in [0.05, 0.1) is 17.6 Å². The van der Waals surface area contributed by atoms with Crippen molar-refractivity contribution in [2.75, 3.05) is 20.3 Å². The second-order valence-electron chi connectivity index (χ2n) is 6.35. The summed E-state index contributed by atoms with van der Waals surface area (Å²) in [5.74, 6) is 1.05. The van der Waals surface area contributed by atoms with Crippen LogP contribution in [0.4, 0.5) is 0 Å². The SMILES string of the molecule is COCCN(C(=O)c1ccc2c(c1)nc(C)n2C)C1CCCC1. The van der Waals surface area contributed by atoms with Gasteiger partial charge in [-0.3, -0.25) is 4.79 Å². The summed E-state index contributed by atoms with van der Waals surface area (Å²) in [4.78, 5) is 19.5. The highest BCUT2D eigenvalue weighted by Crippen LogP contribution is 2.25. The molecule has 5 heteroatoms. The van der Waals surface area contributed by atoms with Crippen LogP contribution in [0.15, 0.2) is 18.2 Å². The lowest BCUT2D eigenvalue weighted by Crippen LogP contribution is -2.41. The topological polar surface area (TPSA) is 47.4 Å². The highest BCUT2D eigenvalue weighted by Gasteiger charge is 2.27. The maximum atomic E-state index is 13.0. The van der Waals surface area contributed by atoms with Crippen LogP contribution in [0.3, 0.4) is 0 Å². The fraction of sp³-hybridized carbons (Fsp3) is 0.556. The third-order valence-electron chi connectivity index (χ3n) is 4.91. The normalized spacial score (nSPS) is 15.4. The first-order valence-electron chi connectivity index (χ1n) is 8.35. The van der Waals surface area contributed by atoms with E-state index in [1.54, 1.807) is 7.11 Å². The van der Waals surface area contributed by atoms with Gasteiger partial charge in [0.25, 0.3) is 5.91 Å². The average molecular weight is 315 g/mol. The summed E-state index contributed by atoms with van der Waals surface area (Å²) in [6.07, 6.45) is 4.61. The summed E-state index contributed by atoms with van der Waals surface area (Å²) >= 11 is 0. The number of methoxy groups -OCH3 is 1. The predicted octanol–water partition coefficient (Wildman–Crippen LogP) is 2.91. The Morgan fingerprint density at radius 1 is 1.39 bits per heavy atom. The number of nitrogens with zero attached hydrogens (tertiary/aromatic N) is 3. The third kappa shape index (κ3) is 3.11. The molecule has 0 atom stereocenters. The Morgan fingerprint density at radius 2 is 2.13 bits per heavy atom. The summed E-state index contributed by atoms with van der Waals surface area (Å²) in [6.45, 7) is 3.21. The first-order valence-corrected chi connectivity index (χ1v) is 8.35. The number of aryl methyl sites for hydroxylation is 2. The lowest BCUT2D eigenvalue weighted by molar-refractivity contribution is 0.0606. The molecule has 1 heterocycles. The molecule has 1 aliphatic carbocycles. The van der Waals surface area contributed by atoms with Crippen molar-refractivity contribution in [3.63, 3.8) is 0 Å².